The SMILES string of the molecule is CCCOc1cccc([C@H]2/C(=C(\O)c3ccc4c(c3)C[C@@H](C)O4)C(=O)C(=O)N2CCCOC)c1. The van der Waals surface area contributed by atoms with Crippen molar-refractivity contribution >= 4 is 17.4 Å². The number of amides is 1. The van der Waals surface area contributed by atoms with E-state index in [0.717, 1.165) is 24.2 Å². The average Bonchev–Trinajstić information content (AvgIpc) is 3.33. The van der Waals surface area contributed by atoms with Crippen LogP contribution in [0.4, 0.5) is 0 Å². The van der Waals surface area contributed by atoms with Crippen LogP contribution in [0, 0.1) is 0 Å². The second kappa shape index (κ2) is 10.3. The van der Waals surface area contributed by atoms with Crippen molar-refractivity contribution in [2.24, 2.45) is 0 Å². The van der Waals surface area contributed by atoms with Gasteiger partial charge in [0.2, 0.25) is 0 Å². The van der Waals surface area contributed by atoms with E-state index in [9.17, 15) is 14.7 Å². The van der Waals surface area contributed by atoms with Gasteiger partial charge in [0.15, 0.2) is 0 Å². The molecular formula is C27H31NO6. The van der Waals surface area contributed by atoms with Gasteiger partial charge < -0.3 is 24.2 Å². The summed E-state index contributed by atoms with van der Waals surface area (Å²) in [6, 6.07) is 12.0. The maximum Gasteiger partial charge on any atom is 0.295 e. The first kappa shape index (κ1) is 23.8. The van der Waals surface area contributed by atoms with Gasteiger partial charge >= 0.3 is 0 Å². The monoisotopic (exact) mass is 465 g/mol. The normalized spacial score (nSPS) is 21.0. The highest BCUT2D eigenvalue weighted by Gasteiger charge is 2.46. The Kier molecular flexibility index (Phi) is 7.22. The lowest BCUT2D eigenvalue weighted by Crippen LogP contribution is -2.31. The minimum atomic E-state index is -0.717. The minimum Gasteiger partial charge on any atom is -0.507 e. The summed E-state index contributed by atoms with van der Waals surface area (Å²) in [6.45, 7) is 5.36. The molecule has 0 aromatic heterocycles. The first-order valence-corrected chi connectivity index (χ1v) is 11.7. The summed E-state index contributed by atoms with van der Waals surface area (Å²) in [7, 11) is 1.60. The molecule has 0 saturated carbocycles. The van der Waals surface area contributed by atoms with Crippen LogP contribution in [0.25, 0.3) is 5.76 Å². The van der Waals surface area contributed by atoms with Crippen molar-refractivity contribution in [3.05, 3.63) is 64.7 Å². The molecule has 4 rings (SSSR count). The van der Waals surface area contributed by atoms with Crippen LogP contribution in [0.2, 0.25) is 0 Å². The summed E-state index contributed by atoms with van der Waals surface area (Å²) in [5, 5.41) is 11.3. The molecule has 1 N–H and O–H groups in total. The van der Waals surface area contributed by atoms with Gasteiger partial charge in [-0.15, -0.1) is 0 Å². The van der Waals surface area contributed by atoms with Crippen LogP contribution >= 0.6 is 0 Å². The number of aliphatic hydroxyl groups is 1. The summed E-state index contributed by atoms with van der Waals surface area (Å²) in [5.74, 6) is -0.0581. The molecule has 0 radical (unpaired) electrons. The third kappa shape index (κ3) is 4.66. The molecule has 2 aliphatic rings. The zero-order chi connectivity index (χ0) is 24.2. The molecule has 1 saturated heterocycles. The number of nitrogens with zero attached hydrogens (tertiary/aromatic N) is 1. The number of carbonyl (C=O) groups excluding carboxylic acids is 2. The zero-order valence-electron chi connectivity index (χ0n) is 19.9. The molecule has 0 unspecified atom stereocenters. The number of hydrogen-bond acceptors (Lipinski definition) is 6. The maximum atomic E-state index is 13.2. The predicted octanol–water partition coefficient (Wildman–Crippen LogP) is 4.26. The molecule has 0 bridgehead atoms. The van der Waals surface area contributed by atoms with Crippen LogP contribution in [0.5, 0.6) is 11.5 Å². The number of likely N-dealkylation sites (tertiary alicyclic amines) is 1. The van der Waals surface area contributed by atoms with Gasteiger partial charge in [-0.2, -0.15) is 0 Å². The molecule has 2 aromatic rings. The largest absolute Gasteiger partial charge is 0.507 e. The fourth-order valence-corrected chi connectivity index (χ4v) is 4.56. The highest BCUT2D eigenvalue weighted by atomic mass is 16.5. The predicted molar refractivity (Wildman–Crippen MR) is 128 cm³/mol. The minimum absolute atomic E-state index is 0.0598. The summed E-state index contributed by atoms with van der Waals surface area (Å²) >= 11 is 0. The Morgan fingerprint density at radius 2 is 2.00 bits per heavy atom. The smallest absolute Gasteiger partial charge is 0.295 e. The Morgan fingerprint density at radius 3 is 2.76 bits per heavy atom. The van der Waals surface area contributed by atoms with E-state index in [1.807, 2.05) is 44.2 Å². The van der Waals surface area contributed by atoms with Crippen molar-refractivity contribution in [2.75, 3.05) is 26.9 Å². The molecule has 180 valence electrons. The first-order valence-electron chi connectivity index (χ1n) is 11.7. The van der Waals surface area contributed by atoms with E-state index >= 15 is 0 Å². The number of aliphatic hydroxyl groups excluding tert-OH is 1. The Bertz CT molecular complexity index is 1110. The third-order valence-electron chi connectivity index (χ3n) is 6.10. The van der Waals surface area contributed by atoms with E-state index in [0.29, 0.717) is 43.1 Å². The molecule has 7 nitrogen and oxygen atoms in total. The molecule has 1 amide bonds. The number of carbonyl (C=O) groups is 2. The number of hydrogen-bond donors (Lipinski definition) is 1. The van der Waals surface area contributed by atoms with E-state index in [1.54, 1.807) is 19.2 Å². The summed E-state index contributed by atoms with van der Waals surface area (Å²) < 4.78 is 16.7. The topological polar surface area (TPSA) is 85.3 Å². The number of Topliss-reactive ketones (excluding diaryl/α,β-unsaturated/α-hetero) is 1. The van der Waals surface area contributed by atoms with Crippen molar-refractivity contribution in [1.82, 2.24) is 4.90 Å². The molecule has 2 aliphatic heterocycles. The van der Waals surface area contributed by atoms with Crippen molar-refractivity contribution in [3.8, 4) is 11.5 Å². The lowest BCUT2D eigenvalue weighted by molar-refractivity contribution is -0.140. The van der Waals surface area contributed by atoms with E-state index in [4.69, 9.17) is 14.2 Å². The number of fused-ring (bicyclic) bond motifs is 1. The van der Waals surface area contributed by atoms with Crippen LogP contribution in [-0.4, -0.2) is 54.7 Å². The lowest BCUT2D eigenvalue weighted by Gasteiger charge is -2.25. The van der Waals surface area contributed by atoms with Crippen LogP contribution in [0.1, 0.15) is 49.4 Å². The van der Waals surface area contributed by atoms with E-state index in [-0.39, 0.29) is 17.4 Å². The van der Waals surface area contributed by atoms with Crippen molar-refractivity contribution in [1.29, 1.82) is 0 Å². The highest BCUT2D eigenvalue weighted by Crippen LogP contribution is 2.41. The summed E-state index contributed by atoms with van der Waals surface area (Å²) in [6.07, 6.45) is 2.22. The number of ketones is 1. The van der Waals surface area contributed by atoms with Crippen LogP contribution in [0.3, 0.4) is 0 Å². The third-order valence-corrected chi connectivity index (χ3v) is 6.10. The van der Waals surface area contributed by atoms with Gasteiger partial charge in [-0.3, -0.25) is 9.59 Å². The molecule has 2 aromatic carbocycles. The first-order chi connectivity index (χ1) is 16.4. The summed E-state index contributed by atoms with van der Waals surface area (Å²) in [5.41, 5.74) is 2.26. The standard InChI is InChI=1S/C27H31NO6/c1-4-12-33-21-8-5-7-18(16-21)24-23(26(30)27(31)28(24)11-6-13-32-3)25(29)19-9-10-22-20(15-19)14-17(2)34-22/h5,7-10,15-17,24,29H,4,6,11-14H2,1-3H3/b25-23+/t17-,24+/m1/s1. The fraction of sp³-hybridized carbons (Fsp3) is 0.407. The van der Waals surface area contributed by atoms with E-state index < -0.39 is 17.7 Å². The van der Waals surface area contributed by atoms with Crippen LogP contribution < -0.4 is 9.47 Å². The Balaban J connectivity index is 1.78. The van der Waals surface area contributed by atoms with E-state index in [2.05, 4.69) is 0 Å². The molecule has 34 heavy (non-hydrogen) atoms. The lowest BCUT2D eigenvalue weighted by atomic mass is 9.94. The van der Waals surface area contributed by atoms with Gasteiger partial charge in [-0.25, -0.2) is 0 Å². The second-order valence-electron chi connectivity index (χ2n) is 8.71. The van der Waals surface area contributed by atoms with Gasteiger partial charge in [-0.1, -0.05) is 19.1 Å². The number of ether oxygens (including phenoxy) is 3. The van der Waals surface area contributed by atoms with Gasteiger partial charge in [0, 0.05) is 32.2 Å². The van der Waals surface area contributed by atoms with Gasteiger partial charge in [-0.05, 0) is 61.2 Å². The van der Waals surface area contributed by atoms with Crippen LogP contribution in [0.15, 0.2) is 48.0 Å². The highest BCUT2D eigenvalue weighted by molar-refractivity contribution is 6.46. The Hall–Kier alpha value is -3.32. The molecular weight excluding hydrogens is 434 g/mol. The quantitative estimate of drug-likeness (QED) is 0.258. The van der Waals surface area contributed by atoms with Crippen molar-refractivity contribution in [2.45, 2.75) is 45.3 Å². The molecule has 7 heteroatoms. The zero-order valence-corrected chi connectivity index (χ0v) is 19.9. The Morgan fingerprint density at radius 1 is 1.18 bits per heavy atom. The van der Waals surface area contributed by atoms with Gasteiger partial charge in [0.1, 0.15) is 23.4 Å². The molecule has 1 fully saturated rings. The summed E-state index contributed by atoms with van der Waals surface area (Å²) in [4.78, 5) is 27.8. The molecule has 2 heterocycles. The van der Waals surface area contributed by atoms with Crippen molar-refractivity contribution < 1.29 is 28.9 Å². The average molecular weight is 466 g/mol. The van der Waals surface area contributed by atoms with Gasteiger partial charge in [0.25, 0.3) is 11.7 Å². The Labute approximate surface area is 199 Å². The number of benzene rings is 2. The molecule has 0 aliphatic carbocycles. The van der Waals surface area contributed by atoms with Crippen LogP contribution in [-0.2, 0) is 20.7 Å². The number of rotatable bonds is 9. The van der Waals surface area contributed by atoms with Gasteiger partial charge in [0.05, 0.1) is 18.2 Å². The molecule has 2 atom stereocenters. The number of methoxy groups -OCH3 is 1. The van der Waals surface area contributed by atoms with Crippen molar-refractivity contribution in [3.63, 3.8) is 0 Å². The maximum absolute atomic E-state index is 13.2. The van der Waals surface area contributed by atoms with E-state index in [1.165, 1.54) is 4.90 Å². The fourth-order valence-electron chi connectivity index (χ4n) is 4.56. The second-order valence-corrected chi connectivity index (χ2v) is 8.71. The molecule has 0 spiro atoms.